The molecule has 2 aromatic heterocycles. The second kappa shape index (κ2) is 18.8. The van der Waals surface area contributed by atoms with Gasteiger partial charge in [0.2, 0.25) is 0 Å². The Morgan fingerprint density at radius 2 is 1.76 bits per heavy atom. The Kier molecular flexibility index (Phi) is 14.7. The first-order valence-corrected chi connectivity index (χ1v) is 20.6. The van der Waals surface area contributed by atoms with Gasteiger partial charge in [-0.1, -0.05) is 19.1 Å². The SMILES string of the molecule is CC[C@@H]1OC(=O)[C@H](C)C(=O)[C@H](C)[C@@H](OC2O[C@H](C)[C@@H](O)[C@H](N(C)C)[C@H]2O)[C@@](C)(OC)C[C@@H](C)N[C@@H](C)[C@H]2N(CCCCn3cc(-c4cccnc4)nn3)C(=O)O[C@]12C. The number of amides is 1. The molecule has 17 heteroatoms. The van der Waals surface area contributed by atoms with E-state index in [2.05, 4.69) is 20.6 Å². The first-order valence-electron chi connectivity index (χ1n) is 20.6. The monoisotopic (exact) mass is 815 g/mol. The average molecular weight is 816 g/mol. The number of aliphatic hydroxyl groups excluding tert-OH is 2. The summed E-state index contributed by atoms with van der Waals surface area (Å²) in [7, 11) is 5.03. The second-order valence-corrected chi connectivity index (χ2v) is 17.0. The Morgan fingerprint density at radius 1 is 1.05 bits per heavy atom. The van der Waals surface area contributed by atoms with Crippen molar-refractivity contribution in [1.29, 1.82) is 0 Å². The minimum atomic E-state index is -1.27. The molecule has 1 unspecified atom stereocenters. The van der Waals surface area contributed by atoms with Crippen molar-refractivity contribution in [3.05, 3.63) is 30.7 Å². The zero-order valence-electron chi connectivity index (χ0n) is 35.9. The van der Waals surface area contributed by atoms with Gasteiger partial charge in [0, 0.05) is 56.2 Å². The summed E-state index contributed by atoms with van der Waals surface area (Å²) < 4.78 is 33.0. The van der Waals surface area contributed by atoms with Gasteiger partial charge in [0.05, 0.1) is 42.2 Å². The Labute approximate surface area is 342 Å². The normalized spacial score (nSPS) is 38.0. The summed E-state index contributed by atoms with van der Waals surface area (Å²) in [6, 6.07) is 1.84. The number of Topliss-reactive ketones (excluding diaryl/α,β-unsaturated/α-hetero) is 1. The van der Waals surface area contributed by atoms with Gasteiger partial charge in [-0.3, -0.25) is 24.2 Å². The van der Waals surface area contributed by atoms with E-state index in [-0.39, 0.29) is 12.1 Å². The van der Waals surface area contributed by atoms with Crippen LogP contribution in [0.5, 0.6) is 0 Å². The number of fused-ring (bicyclic) bond motifs is 1. The van der Waals surface area contributed by atoms with Crippen molar-refractivity contribution in [2.24, 2.45) is 11.8 Å². The topological polar surface area (TPSA) is 200 Å². The summed E-state index contributed by atoms with van der Waals surface area (Å²) in [5, 5.41) is 34.5. The van der Waals surface area contributed by atoms with Crippen LogP contribution in [0.3, 0.4) is 0 Å². The van der Waals surface area contributed by atoms with Gasteiger partial charge >= 0.3 is 12.1 Å². The number of nitrogens with zero attached hydrogens (tertiary/aromatic N) is 6. The zero-order chi connectivity index (χ0) is 42.7. The number of ether oxygens (including phenoxy) is 5. The molecule has 5 rings (SSSR count). The van der Waals surface area contributed by atoms with E-state index < -0.39 is 89.8 Å². The van der Waals surface area contributed by atoms with Crippen molar-refractivity contribution in [3.8, 4) is 11.3 Å². The highest BCUT2D eigenvalue weighted by Gasteiger charge is 2.59. The fourth-order valence-corrected chi connectivity index (χ4v) is 9.30. The van der Waals surface area contributed by atoms with E-state index in [1.54, 1.807) is 61.7 Å². The minimum Gasteiger partial charge on any atom is -0.458 e. The van der Waals surface area contributed by atoms with E-state index >= 15 is 0 Å². The number of esters is 1. The number of carbonyl (C=O) groups excluding carboxylic acids is 3. The number of nitrogens with one attached hydrogen (secondary N) is 1. The van der Waals surface area contributed by atoms with E-state index in [0.29, 0.717) is 38.8 Å². The lowest BCUT2D eigenvalue weighted by Crippen LogP contribution is -2.65. The van der Waals surface area contributed by atoms with Crippen LogP contribution >= 0.6 is 0 Å². The molecule has 5 heterocycles. The molecule has 58 heavy (non-hydrogen) atoms. The van der Waals surface area contributed by atoms with Crippen LogP contribution < -0.4 is 5.32 Å². The number of carbonyl (C=O) groups is 3. The fraction of sp³-hybridized carbons (Fsp3) is 0.756. The molecule has 3 fully saturated rings. The quantitative estimate of drug-likeness (QED) is 0.170. The molecule has 2 aromatic rings. The number of ketones is 1. The third kappa shape index (κ3) is 9.40. The number of likely N-dealkylation sites (N-methyl/N-ethyl adjacent to an activating group) is 1. The van der Waals surface area contributed by atoms with Crippen molar-refractivity contribution in [3.63, 3.8) is 0 Å². The maximum Gasteiger partial charge on any atom is 0.410 e. The summed E-state index contributed by atoms with van der Waals surface area (Å²) in [4.78, 5) is 49.7. The maximum absolute atomic E-state index is 14.3. The van der Waals surface area contributed by atoms with Crippen LogP contribution in [0.4, 0.5) is 4.79 Å². The lowest BCUT2D eigenvalue weighted by Gasteiger charge is -2.48. The highest BCUT2D eigenvalue weighted by atomic mass is 16.7. The first kappa shape index (κ1) is 45.5. The highest BCUT2D eigenvalue weighted by molar-refractivity contribution is 6.00. The van der Waals surface area contributed by atoms with Crippen LogP contribution in [0.15, 0.2) is 30.7 Å². The number of aryl methyl sites for hydroxylation is 1. The number of aromatic nitrogens is 4. The number of pyridine rings is 1. The van der Waals surface area contributed by atoms with E-state index in [0.717, 1.165) is 11.3 Å². The molecule has 0 aliphatic carbocycles. The molecule has 0 saturated carbocycles. The van der Waals surface area contributed by atoms with Crippen molar-refractivity contribution in [1.82, 2.24) is 35.1 Å². The van der Waals surface area contributed by atoms with E-state index in [1.807, 2.05) is 46.0 Å². The molecule has 0 bridgehead atoms. The van der Waals surface area contributed by atoms with Gasteiger partial charge in [-0.2, -0.15) is 0 Å². The van der Waals surface area contributed by atoms with E-state index in [4.69, 9.17) is 23.7 Å². The van der Waals surface area contributed by atoms with E-state index in [1.165, 1.54) is 14.0 Å². The summed E-state index contributed by atoms with van der Waals surface area (Å²) in [5.74, 6) is -3.35. The van der Waals surface area contributed by atoms with Gasteiger partial charge in [-0.15, -0.1) is 5.10 Å². The van der Waals surface area contributed by atoms with Crippen LogP contribution in [-0.2, 0) is 39.8 Å². The molecule has 14 atom stereocenters. The lowest BCUT2D eigenvalue weighted by atomic mass is 9.78. The zero-order valence-corrected chi connectivity index (χ0v) is 35.9. The number of rotatable bonds is 11. The Morgan fingerprint density at radius 3 is 2.40 bits per heavy atom. The molecular weight excluding hydrogens is 750 g/mol. The Balaban J connectivity index is 1.41. The lowest BCUT2D eigenvalue weighted by molar-refractivity contribution is -0.313. The molecule has 3 aliphatic rings. The van der Waals surface area contributed by atoms with Crippen LogP contribution in [0.1, 0.15) is 81.1 Å². The first-order chi connectivity index (χ1) is 27.4. The highest BCUT2D eigenvalue weighted by Crippen LogP contribution is 2.40. The van der Waals surface area contributed by atoms with Gasteiger partial charge in [-0.05, 0) is 93.5 Å². The van der Waals surface area contributed by atoms with Crippen LogP contribution in [0.25, 0.3) is 11.3 Å². The molecule has 324 valence electrons. The molecule has 17 nitrogen and oxygen atoms in total. The average Bonchev–Trinajstić information content (AvgIpc) is 3.76. The maximum atomic E-state index is 14.3. The third-order valence-electron chi connectivity index (χ3n) is 12.4. The third-order valence-corrected chi connectivity index (χ3v) is 12.4. The van der Waals surface area contributed by atoms with Crippen molar-refractivity contribution < 1.29 is 48.3 Å². The molecular formula is C41H65N7O10. The van der Waals surface area contributed by atoms with Crippen molar-refractivity contribution >= 4 is 17.8 Å². The predicted octanol–water partition coefficient (Wildman–Crippen LogP) is 2.82. The van der Waals surface area contributed by atoms with Gasteiger partial charge in [0.15, 0.2) is 17.7 Å². The minimum absolute atomic E-state index is 0.271. The van der Waals surface area contributed by atoms with Crippen LogP contribution in [0.2, 0.25) is 0 Å². The van der Waals surface area contributed by atoms with Gasteiger partial charge in [-0.25, -0.2) is 4.79 Å². The molecule has 0 aromatic carbocycles. The molecule has 3 N–H and O–H groups in total. The molecule has 3 aliphatic heterocycles. The predicted molar refractivity (Wildman–Crippen MR) is 212 cm³/mol. The number of hydrogen-bond donors (Lipinski definition) is 3. The summed E-state index contributed by atoms with van der Waals surface area (Å²) in [6.45, 7) is 15.3. The summed E-state index contributed by atoms with van der Waals surface area (Å²) in [6.07, 6.45) is 0.703. The Bertz CT molecular complexity index is 1700. The van der Waals surface area contributed by atoms with Crippen molar-refractivity contribution in [2.45, 2.75) is 160 Å². The fourth-order valence-electron chi connectivity index (χ4n) is 9.30. The number of hydrogen-bond acceptors (Lipinski definition) is 15. The number of methoxy groups -OCH3 is 1. The van der Waals surface area contributed by atoms with Crippen LogP contribution in [-0.4, -0.2) is 158 Å². The van der Waals surface area contributed by atoms with Gasteiger partial charge in [0.25, 0.3) is 0 Å². The largest absolute Gasteiger partial charge is 0.458 e. The number of cyclic esters (lactones) is 1. The number of unbranched alkanes of at least 4 members (excludes halogenated alkanes) is 1. The smallest absolute Gasteiger partial charge is 0.410 e. The summed E-state index contributed by atoms with van der Waals surface area (Å²) in [5.41, 5.74) is -0.830. The molecule has 0 radical (unpaired) electrons. The van der Waals surface area contributed by atoms with Gasteiger partial charge < -0.3 is 44.1 Å². The van der Waals surface area contributed by atoms with Crippen molar-refractivity contribution in [2.75, 3.05) is 27.7 Å². The van der Waals surface area contributed by atoms with Gasteiger partial charge in [0.1, 0.15) is 23.8 Å². The number of aliphatic hydroxyl groups is 2. The van der Waals surface area contributed by atoms with Crippen LogP contribution in [0, 0.1) is 11.8 Å². The molecule has 3 saturated heterocycles. The summed E-state index contributed by atoms with van der Waals surface area (Å²) >= 11 is 0. The second-order valence-electron chi connectivity index (χ2n) is 17.0. The standard InChI is InChI=1S/C41H65N7O10/c1-12-30-41(8)35(48(39(53)58-41)19-14-13-18-47-22-29(44-45-47)28-16-15-17-42-21-28)26(5)43-23(2)20-40(7,54-11)36(24(3)32(49)25(4)37(52)56-30)57-38-34(51)31(46(9)10)33(50)27(6)55-38/h15-17,21-27,30-31,33-36,38,43,50-51H,12-14,18-20H2,1-11H3/t23-,24+,25-,26+,27-,30+,31+,33-,34-,35-,36-,38?,40+,41-/m1/s1. The molecule has 1 amide bonds. The van der Waals surface area contributed by atoms with E-state index in [9.17, 15) is 24.6 Å². The molecule has 0 spiro atoms. The Hall–Kier alpha value is -3.58.